The monoisotopic (exact) mass is 553 g/mol. The Balaban J connectivity index is 1.48. The SMILES string of the molecule is CC1=CCCC(C)(C)C1CC[C@@H](C)CCC[C@@H](C)CCCC[C@@H](C)CCCC(C)CCC1=C(C)C=CCC1(C)C. The number of hydrogen-bond donors (Lipinski definition) is 0. The third kappa shape index (κ3) is 12.6. The van der Waals surface area contributed by atoms with E-state index in [4.69, 9.17) is 0 Å². The molecule has 232 valence electrons. The van der Waals surface area contributed by atoms with E-state index in [2.05, 4.69) is 87.5 Å². The number of hydrogen-bond acceptors (Lipinski definition) is 0. The van der Waals surface area contributed by atoms with Gasteiger partial charge in [0.1, 0.15) is 0 Å². The Hall–Kier alpha value is -0.780. The molecule has 0 radical (unpaired) electrons. The van der Waals surface area contributed by atoms with Crippen LogP contribution in [-0.4, -0.2) is 0 Å². The van der Waals surface area contributed by atoms with Crippen LogP contribution in [0, 0.1) is 40.4 Å². The molecule has 0 aromatic carbocycles. The van der Waals surface area contributed by atoms with Crippen LogP contribution in [0.1, 0.15) is 178 Å². The van der Waals surface area contributed by atoms with Gasteiger partial charge in [-0.05, 0) is 92.8 Å². The fraction of sp³-hybridized carbons (Fsp3) is 0.850. The van der Waals surface area contributed by atoms with Gasteiger partial charge in [-0.3, -0.25) is 0 Å². The molecule has 0 spiro atoms. The Kier molecular flexibility index (Phi) is 15.4. The predicted octanol–water partition coefficient (Wildman–Crippen LogP) is 13.7. The molecule has 0 nitrogen and oxygen atoms in total. The van der Waals surface area contributed by atoms with Crippen molar-refractivity contribution in [3.63, 3.8) is 0 Å². The fourth-order valence-electron chi connectivity index (χ4n) is 8.08. The molecule has 0 amide bonds. The highest BCUT2D eigenvalue weighted by Crippen LogP contribution is 2.44. The van der Waals surface area contributed by atoms with Crippen molar-refractivity contribution in [2.24, 2.45) is 40.4 Å². The first kappa shape index (κ1) is 35.4. The van der Waals surface area contributed by atoms with Gasteiger partial charge in [-0.2, -0.15) is 0 Å². The average molecular weight is 553 g/mol. The van der Waals surface area contributed by atoms with E-state index in [0.717, 1.165) is 29.6 Å². The Morgan fingerprint density at radius 3 is 1.73 bits per heavy atom. The highest BCUT2D eigenvalue weighted by Gasteiger charge is 2.32. The molecule has 40 heavy (non-hydrogen) atoms. The number of unbranched alkanes of at least 4 members (excludes halogenated alkanes) is 1. The summed E-state index contributed by atoms with van der Waals surface area (Å²) in [7, 11) is 0. The molecule has 0 heterocycles. The molecule has 0 aromatic heterocycles. The second-order valence-corrected chi connectivity index (χ2v) is 16.4. The van der Waals surface area contributed by atoms with Gasteiger partial charge in [-0.1, -0.05) is 161 Å². The lowest BCUT2D eigenvalue weighted by molar-refractivity contribution is 0.192. The second kappa shape index (κ2) is 17.4. The van der Waals surface area contributed by atoms with Crippen molar-refractivity contribution in [2.45, 2.75) is 178 Å². The molecular formula is C40H72. The zero-order valence-corrected chi connectivity index (χ0v) is 29.1. The van der Waals surface area contributed by atoms with E-state index in [9.17, 15) is 0 Å². The summed E-state index contributed by atoms with van der Waals surface area (Å²) >= 11 is 0. The van der Waals surface area contributed by atoms with E-state index in [1.165, 1.54) is 115 Å². The maximum Gasteiger partial charge on any atom is -0.0104 e. The third-order valence-corrected chi connectivity index (χ3v) is 11.3. The van der Waals surface area contributed by atoms with Crippen LogP contribution in [-0.2, 0) is 0 Å². The molecule has 5 atom stereocenters. The first-order valence-corrected chi connectivity index (χ1v) is 17.8. The molecule has 2 unspecified atom stereocenters. The molecule has 0 saturated heterocycles. The van der Waals surface area contributed by atoms with Crippen molar-refractivity contribution in [3.8, 4) is 0 Å². The van der Waals surface area contributed by atoms with Crippen LogP contribution in [0.3, 0.4) is 0 Å². The lowest BCUT2D eigenvalue weighted by atomic mass is 9.66. The van der Waals surface area contributed by atoms with Crippen LogP contribution in [0.4, 0.5) is 0 Å². The van der Waals surface area contributed by atoms with E-state index in [-0.39, 0.29) is 0 Å². The second-order valence-electron chi connectivity index (χ2n) is 16.4. The molecule has 0 aliphatic heterocycles. The normalized spacial score (nSPS) is 23.6. The Bertz CT molecular complexity index is 802. The lowest BCUT2D eigenvalue weighted by Crippen LogP contribution is -2.28. The molecule has 0 N–H and O–H groups in total. The summed E-state index contributed by atoms with van der Waals surface area (Å²) in [5.41, 5.74) is 5.78. The summed E-state index contributed by atoms with van der Waals surface area (Å²) in [6.45, 7) is 24.6. The Labute approximate surface area is 253 Å². The molecule has 2 aliphatic carbocycles. The van der Waals surface area contributed by atoms with E-state index in [0.29, 0.717) is 10.8 Å². The van der Waals surface area contributed by atoms with Crippen molar-refractivity contribution in [1.82, 2.24) is 0 Å². The third-order valence-electron chi connectivity index (χ3n) is 11.3. The standard InChI is InChI=1S/C40H72/c1-31(19-13-21-33(3)25-27-37-35(5)23-15-29-39(37,7)8)17-11-12-18-32(2)20-14-22-34(4)26-28-38-36(6)24-16-30-40(38,9)10/h15,23-24,31-34,38H,11-14,16-22,25-30H2,1-10H3/t31-,32+,33?,34+,38?/m1/s1. The van der Waals surface area contributed by atoms with E-state index < -0.39 is 0 Å². The van der Waals surface area contributed by atoms with Gasteiger partial charge >= 0.3 is 0 Å². The van der Waals surface area contributed by atoms with Crippen molar-refractivity contribution in [3.05, 3.63) is 34.9 Å². The van der Waals surface area contributed by atoms with Crippen LogP contribution in [0.15, 0.2) is 34.9 Å². The van der Waals surface area contributed by atoms with Crippen LogP contribution in [0.5, 0.6) is 0 Å². The smallest absolute Gasteiger partial charge is 0.0104 e. The van der Waals surface area contributed by atoms with Crippen LogP contribution >= 0.6 is 0 Å². The zero-order valence-electron chi connectivity index (χ0n) is 29.1. The maximum absolute atomic E-state index is 2.51. The minimum Gasteiger partial charge on any atom is -0.0853 e. The van der Waals surface area contributed by atoms with E-state index in [1.807, 2.05) is 0 Å². The van der Waals surface area contributed by atoms with Gasteiger partial charge in [0, 0.05) is 0 Å². The summed E-state index contributed by atoms with van der Waals surface area (Å²) in [5, 5.41) is 0. The van der Waals surface area contributed by atoms with Crippen molar-refractivity contribution >= 4 is 0 Å². The summed E-state index contributed by atoms with van der Waals surface area (Å²) in [6.07, 6.45) is 30.9. The van der Waals surface area contributed by atoms with Crippen molar-refractivity contribution < 1.29 is 0 Å². The minimum absolute atomic E-state index is 0.367. The first-order chi connectivity index (χ1) is 18.8. The highest BCUT2D eigenvalue weighted by molar-refractivity contribution is 5.32. The summed E-state index contributed by atoms with van der Waals surface area (Å²) in [4.78, 5) is 0. The summed E-state index contributed by atoms with van der Waals surface area (Å²) in [5.74, 6) is 4.38. The predicted molar refractivity (Wildman–Crippen MR) is 182 cm³/mol. The number of rotatable bonds is 19. The van der Waals surface area contributed by atoms with Crippen LogP contribution < -0.4 is 0 Å². The van der Waals surface area contributed by atoms with Crippen molar-refractivity contribution in [1.29, 1.82) is 0 Å². The van der Waals surface area contributed by atoms with Gasteiger partial charge in [-0.25, -0.2) is 0 Å². The first-order valence-electron chi connectivity index (χ1n) is 17.8. The summed E-state index contributed by atoms with van der Waals surface area (Å²) < 4.78 is 0. The van der Waals surface area contributed by atoms with Gasteiger partial charge in [0.05, 0.1) is 0 Å². The molecule has 0 saturated carbocycles. The highest BCUT2D eigenvalue weighted by atomic mass is 14.4. The quantitative estimate of drug-likeness (QED) is 0.110. The fourth-order valence-corrected chi connectivity index (χ4v) is 8.08. The average Bonchev–Trinajstić information content (AvgIpc) is 2.85. The zero-order chi connectivity index (χ0) is 29.8. The molecule has 0 fully saturated rings. The van der Waals surface area contributed by atoms with E-state index >= 15 is 0 Å². The molecule has 0 aromatic rings. The minimum atomic E-state index is 0.367. The molecule has 0 heteroatoms. The lowest BCUT2D eigenvalue weighted by Gasteiger charge is -2.39. The van der Waals surface area contributed by atoms with E-state index in [1.54, 1.807) is 11.1 Å². The Morgan fingerprint density at radius 2 is 1.20 bits per heavy atom. The maximum atomic E-state index is 2.51. The van der Waals surface area contributed by atoms with Gasteiger partial charge in [0.15, 0.2) is 0 Å². The Morgan fingerprint density at radius 1 is 0.700 bits per heavy atom. The van der Waals surface area contributed by atoms with Crippen molar-refractivity contribution in [2.75, 3.05) is 0 Å². The van der Waals surface area contributed by atoms with Crippen LogP contribution in [0.25, 0.3) is 0 Å². The molecule has 2 aliphatic rings. The largest absolute Gasteiger partial charge is 0.0853 e. The van der Waals surface area contributed by atoms with Gasteiger partial charge in [-0.15, -0.1) is 0 Å². The molecular weight excluding hydrogens is 480 g/mol. The van der Waals surface area contributed by atoms with Gasteiger partial charge in [0.2, 0.25) is 0 Å². The van der Waals surface area contributed by atoms with Gasteiger partial charge in [0.25, 0.3) is 0 Å². The van der Waals surface area contributed by atoms with Crippen LogP contribution in [0.2, 0.25) is 0 Å². The van der Waals surface area contributed by atoms with Gasteiger partial charge < -0.3 is 0 Å². The molecule has 2 rings (SSSR count). The molecule has 0 bridgehead atoms. The summed E-state index contributed by atoms with van der Waals surface area (Å²) in [6, 6.07) is 0. The number of allylic oxidation sites excluding steroid dienone is 6. The topological polar surface area (TPSA) is 0 Å².